The van der Waals surface area contributed by atoms with Gasteiger partial charge < -0.3 is 10.6 Å². The van der Waals surface area contributed by atoms with Gasteiger partial charge in [-0.1, -0.05) is 6.92 Å². The molecule has 3 rings (SSSR count). The van der Waals surface area contributed by atoms with Crippen LogP contribution in [0.3, 0.4) is 0 Å². The Bertz CT molecular complexity index is 455. The third-order valence-electron chi connectivity index (χ3n) is 3.62. The van der Waals surface area contributed by atoms with Crippen LogP contribution in [0.15, 0.2) is 18.2 Å². The maximum atomic E-state index is 11.9. The Labute approximate surface area is 107 Å². The van der Waals surface area contributed by atoms with Crippen LogP contribution < -0.4 is 10.6 Å². The molecule has 0 bridgehead atoms. The third kappa shape index (κ3) is 2.25. The van der Waals surface area contributed by atoms with Crippen LogP contribution in [0.25, 0.3) is 0 Å². The van der Waals surface area contributed by atoms with Crippen LogP contribution in [0.1, 0.15) is 25.3 Å². The summed E-state index contributed by atoms with van der Waals surface area (Å²) in [5, 5.41) is 6.32. The summed E-state index contributed by atoms with van der Waals surface area (Å²) < 4.78 is 0. The highest BCUT2D eigenvalue weighted by molar-refractivity contribution is 5.97. The van der Waals surface area contributed by atoms with Gasteiger partial charge in [-0.3, -0.25) is 4.79 Å². The Morgan fingerprint density at radius 2 is 2.18 bits per heavy atom. The maximum absolute atomic E-state index is 11.9. The van der Waals surface area contributed by atoms with E-state index in [1.54, 1.807) is 0 Å². The third-order valence-corrected chi connectivity index (χ3v) is 3.62. The minimum Gasteiger partial charge on any atom is -0.384 e. The van der Waals surface area contributed by atoms with Crippen LogP contribution >= 0.6 is 12.4 Å². The molecule has 0 unspecified atom stereocenters. The lowest BCUT2D eigenvalue weighted by Gasteiger charge is -2.10. The summed E-state index contributed by atoms with van der Waals surface area (Å²) in [5.74, 6) is 0.165. The highest BCUT2D eigenvalue weighted by Crippen LogP contribution is 2.45. The van der Waals surface area contributed by atoms with Crippen molar-refractivity contribution in [1.29, 1.82) is 0 Å². The number of anilines is 2. The van der Waals surface area contributed by atoms with Crippen molar-refractivity contribution in [2.24, 2.45) is 5.41 Å². The van der Waals surface area contributed by atoms with Gasteiger partial charge in [-0.15, -0.1) is 12.4 Å². The average Bonchev–Trinajstić information content (AvgIpc) is 2.87. The quantitative estimate of drug-likeness (QED) is 0.850. The molecule has 1 amide bonds. The summed E-state index contributed by atoms with van der Waals surface area (Å²) in [6.45, 7) is 3.03. The number of halogens is 1. The first-order chi connectivity index (χ1) is 7.67. The minimum atomic E-state index is -0.0999. The zero-order valence-corrected chi connectivity index (χ0v) is 10.7. The molecule has 3 nitrogen and oxygen atoms in total. The van der Waals surface area contributed by atoms with E-state index in [2.05, 4.69) is 16.7 Å². The highest BCUT2D eigenvalue weighted by Gasteiger charge is 2.44. The molecule has 2 aliphatic rings. The number of rotatable bonds is 2. The van der Waals surface area contributed by atoms with Crippen molar-refractivity contribution in [3.63, 3.8) is 0 Å². The molecule has 1 saturated carbocycles. The van der Waals surface area contributed by atoms with Gasteiger partial charge in [0, 0.05) is 23.3 Å². The largest absolute Gasteiger partial charge is 0.384 e. The van der Waals surface area contributed by atoms with Gasteiger partial charge in [0.25, 0.3) is 0 Å². The van der Waals surface area contributed by atoms with Gasteiger partial charge in [0.05, 0.1) is 0 Å². The Hall–Kier alpha value is -1.22. The molecule has 2 N–H and O–H groups in total. The number of amides is 1. The summed E-state index contributed by atoms with van der Waals surface area (Å²) in [7, 11) is 0. The minimum absolute atomic E-state index is 0. The second kappa shape index (κ2) is 4.22. The molecule has 4 heteroatoms. The SMILES string of the molecule is CC1(C(=O)Nc2ccc3c(c2)CCN3)CC1.Cl. The Balaban J connectivity index is 0.00000108. The first-order valence-electron chi connectivity index (χ1n) is 5.86. The zero-order chi connectivity index (χ0) is 11.2. The smallest absolute Gasteiger partial charge is 0.230 e. The van der Waals surface area contributed by atoms with Crippen LogP contribution in [0.2, 0.25) is 0 Å². The summed E-state index contributed by atoms with van der Waals surface area (Å²) >= 11 is 0. The molecule has 17 heavy (non-hydrogen) atoms. The average molecular weight is 253 g/mol. The summed E-state index contributed by atoms with van der Waals surface area (Å²) in [6, 6.07) is 6.10. The fourth-order valence-electron chi connectivity index (χ4n) is 2.08. The normalized spacial score (nSPS) is 18.6. The maximum Gasteiger partial charge on any atom is 0.230 e. The number of carbonyl (C=O) groups is 1. The molecule has 92 valence electrons. The van der Waals surface area contributed by atoms with E-state index in [0.29, 0.717) is 0 Å². The van der Waals surface area contributed by atoms with E-state index in [4.69, 9.17) is 0 Å². The molecule has 1 aliphatic heterocycles. The van der Waals surface area contributed by atoms with E-state index in [9.17, 15) is 4.79 Å². The van der Waals surface area contributed by atoms with E-state index in [1.807, 2.05) is 19.1 Å². The van der Waals surface area contributed by atoms with Gasteiger partial charge in [0.2, 0.25) is 5.91 Å². The monoisotopic (exact) mass is 252 g/mol. The van der Waals surface area contributed by atoms with Gasteiger partial charge in [-0.25, -0.2) is 0 Å². The summed E-state index contributed by atoms with van der Waals surface area (Å²) in [5.41, 5.74) is 3.34. The molecule has 0 atom stereocenters. The molecule has 0 radical (unpaired) electrons. The van der Waals surface area contributed by atoms with Crippen molar-refractivity contribution in [3.05, 3.63) is 23.8 Å². The van der Waals surface area contributed by atoms with Crippen LogP contribution in [-0.4, -0.2) is 12.5 Å². The fourth-order valence-corrected chi connectivity index (χ4v) is 2.08. The standard InChI is InChI=1S/C13H16N2O.ClH/c1-13(5-6-13)12(16)15-10-2-3-11-9(8-10)4-7-14-11;/h2-3,8,14H,4-7H2,1H3,(H,15,16);1H. The number of hydrogen-bond acceptors (Lipinski definition) is 2. The van der Waals surface area contributed by atoms with Crippen molar-refractivity contribution >= 4 is 29.7 Å². The summed E-state index contributed by atoms with van der Waals surface area (Å²) in [6.07, 6.45) is 3.09. The van der Waals surface area contributed by atoms with E-state index in [1.165, 1.54) is 11.3 Å². The topological polar surface area (TPSA) is 41.1 Å². The van der Waals surface area contributed by atoms with Crippen molar-refractivity contribution in [2.75, 3.05) is 17.2 Å². The van der Waals surface area contributed by atoms with Gasteiger partial charge >= 0.3 is 0 Å². The van der Waals surface area contributed by atoms with Gasteiger partial charge in [-0.2, -0.15) is 0 Å². The molecule has 1 aliphatic carbocycles. The van der Waals surface area contributed by atoms with E-state index in [0.717, 1.165) is 31.5 Å². The van der Waals surface area contributed by atoms with Crippen molar-refractivity contribution < 1.29 is 4.79 Å². The second-order valence-electron chi connectivity index (χ2n) is 5.06. The van der Waals surface area contributed by atoms with Gasteiger partial charge in [0.1, 0.15) is 0 Å². The molecule has 1 heterocycles. The van der Waals surface area contributed by atoms with Crippen molar-refractivity contribution in [3.8, 4) is 0 Å². The number of benzene rings is 1. The first-order valence-corrected chi connectivity index (χ1v) is 5.86. The van der Waals surface area contributed by atoms with E-state index < -0.39 is 0 Å². The lowest BCUT2D eigenvalue weighted by molar-refractivity contribution is -0.120. The molecular formula is C13H17ClN2O. The number of hydrogen-bond donors (Lipinski definition) is 2. The number of nitrogens with one attached hydrogen (secondary N) is 2. The molecule has 0 spiro atoms. The van der Waals surface area contributed by atoms with E-state index in [-0.39, 0.29) is 23.7 Å². The van der Waals surface area contributed by atoms with Crippen molar-refractivity contribution in [1.82, 2.24) is 0 Å². The predicted molar refractivity (Wildman–Crippen MR) is 71.9 cm³/mol. The van der Waals surface area contributed by atoms with Crippen LogP contribution in [-0.2, 0) is 11.2 Å². The molecule has 1 aromatic rings. The lowest BCUT2D eigenvalue weighted by atomic mass is 10.1. The summed E-state index contributed by atoms with van der Waals surface area (Å²) in [4.78, 5) is 11.9. The van der Waals surface area contributed by atoms with E-state index >= 15 is 0 Å². The van der Waals surface area contributed by atoms with Gasteiger partial charge in [0.15, 0.2) is 0 Å². The molecule has 0 aromatic heterocycles. The Morgan fingerprint density at radius 1 is 1.41 bits per heavy atom. The number of carbonyl (C=O) groups excluding carboxylic acids is 1. The van der Waals surface area contributed by atoms with Crippen LogP contribution in [0.5, 0.6) is 0 Å². The molecule has 1 fully saturated rings. The first kappa shape index (κ1) is 12.2. The van der Waals surface area contributed by atoms with Crippen molar-refractivity contribution in [2.45, 2.75) is 26.2 Å². The lowest BCUT2D eigenvalue weighted by Crippen LogP contribution is -2.21. The highest BCUT2D eigenvalue weighted by atomic mass is 35.5. The Morgan fingerprint density at radius 3 is 2.88 bits per heavy atom. The second-order valence-corrected chi connectivity index (χ2v) is 5.06. The van der Waals surface area contributed by atoms with Gasteiger partial charge in [-0.05, 0) is 43.0 Å². The number of fused-ring (bicyclic) bond motifs is 1. The fraction of sp³-hybridized carbons (Fsp3) is 0.462. The van der Waals surface area contributed by atoms with Crippen LogP contribution in [0, 0.1) is 5.41 Å². The molecular weight excluding hydrogens is 236 g/mol. The van der Waals surface area contributed by atoms with Crippen LogP contribution in [0.4, 0.5) is 11.4 Å². The molecule has 1 aromatic carbocycles. The zero-order valence-electron chi connectivity index (χ0n) is 9.88. The Kier molecular flexibility index (Phi) is 3.04. The predicted octanol–water partition coefficient (Wildman–Crippen LogP) is 2.82. The molecule has 0 saturated heterocycles.